The highest BCUT2D eigenvalue weighted by atomic mass is 16.5. The van der Waals surface area contributed by atoms with Crippen LogP contribution < -0.4 is 20.1 Å². The number of aryl methyl sites for hydroxylation is 2. The number of hydrogen-bond acceptors (Lipinski definition) is 4. The van der Waals surface area contributed by atoms with Gasteiger partial charge < -0.3 is 20.1 Å². The molecule has 150 valence electrons. The predicted molar refractivity (Wildman–Crippen MR) is 117 cm³/mol. The molecule has 0 aliphatic heterocycles. The molecule has 0 fully saturated rings. The van der Waals surface area contributed by atoms with E-state index in [2.05, 4.69) is 10.6 Å². The largest absolute Gasteiger partial charge is 0.490 e. The van der Waals surface area contributed by atoms with Crippen LogP contribution in [-0.2, 0) is 4.79 Å². The van der Waals surface area contributed by atoms with Crippen molar-refractivity contribution in [1.29, 1.82) is 0 Å². The summed E-state index contributed by atoms with van der Waals surface area (Å²) in [5.74, 6) is 1.45. The second-order valence-corrected chi connectivity index (χ2v) is 6.70. The second kappa shape index (κ2) is 10.2. The zero-order chi connectivity index (χ0) is 20.5. The number of para-hydroxylation sites is 2. The fourth-order valence-electron chi connectivity index (χ4n) is 2.94. The van der Waals surface area contributed by atoms with Crippen LogP contribution in [0.15, 0.2) is 72.8 Å². The maximum Gasteiger partial charge on any atom is 0.243 e. The van der Waals surface area contributed by atoms with E-state index in [4.69, 9.17) is 9.47 Å². The lowest BCUT2D eigenvalue weighted by atomic mass is 10.1. The first-order valence-electron chi connectivity index (χ1n) is 9.62. The zero-order valence-electron chi connectivity index (χ0n) is 16.8. The van der Waals surface area contributed by atoms with E-state index in [0.29, 0.717) is 13.2 Å². The van der Waals surface area contributed by atoms with Crippen LogP contribution in [0.5, 0.6) is 11.5 Å². The summed E-state index contributed by atoms with van der Waals surface area (Å²) >= 11 is 0. The van der Waals surface area contributed by atoms with Crippen LogP contribution in [0, 0.1) is 13.8 Å². The third-order valence-corrected chi connectivity index (χ3v) is 4.41. The summed E-state index contributed by atoms with van der Waals surface area (Å²) in [4.78, 5) is 12.2. The molecule has 0 unspecified atom stereocenters. The van der Waals surface area contributed by atoms with Crippen molar-refractivity contribution in [2.45, 2.75) is 13.8 Å². The minimum absolute atomic E-state index is 0.0995. The van der Waals surface area contributed by atoms with Gasteiger partial charge in [-0.25, -0.2) is 0 Å². The summed E-state index contributed by atoms with van der Waals surface area (Å²) in [5.41, 5.74) is 3.97. The van der Waals surface area contributed by atoms with Crippen molar-refractivity contribution in [2.24, 2.45) is 0 Å². The van der Waals surface area contributed by atoms with Gasteiger partial charge in [-0.1, -0.05) is 36.4 Å². The Labute approximate surface area is 171 Å². The summed E-state index contributed by atoms with van der Waals surface area (Å²) in [6.45, 7) is 5.17. The Kier molecular flexibility index (Phi) is 7.11. The van der Waals surface area contributed by atoms with Gasteiger partial charge in [-0.15, -0.1) is 0 Å². The predicted octanol–water partition coefficient (Wildman–Crippen LogP) is 4.81. The van der Waals surface area contributed by atoms with E-state index in [1.807, 2.05) is 86.6 Å². The molecule has 5 heteroatoms. The van der Waals surface area contributed by atoms with Gasteiger partial charge in [0, 0.05) is 11.4 Å². The SMILES string of the molecule is Cc1cccc(C)c1NCC(=O)Nc1ccc(OCCOc2ccccc2)cc1. The molecular formula is C24H26N2O3. The van der Waals surface area contributed by atoms with Gasteiger partial charge >= 0.3 is 0 Å². The Morgan fingerprint density at radius 2 is 1.34 bits per heavy atom. The maximum absolute atomic E-state index is 12.2. The number of amides is 1. The average Bonchev–Trinajstić information content (AvgIpc) is 2.73. The van der Waals surface area contributed by atoms with Gasteiger partial charge in [0.2, 0.25) is 5.91 Å². The highest BCUT2D eigenvalue weighted by Crippen LogP contribution is 2.19. The van der Waals surface area contributed by atoms with Crippen molar-refractivity contribution >= 4 is 17.3 Å². The first-order chi connectivity index (χ1) is 14.1. The molecule has 3 rings (SSSR count). The minimum Gasteiger partial charge on any atom is -0.490 e. The summed E-state index contributed by atoms with van der Waals surface area (Å²) in [6, 6.07) is 23.0. The molecule has 0 saturated heterocycles. The third kappa shape index (κ3) is 6.28. The number of ether oxygens (including phenoxy) is 2. The molecule has 29 heavy (non-hydrogen) atoms. The fraction of sp³-hybridized carbons (Fsp3) is 0.208. The molecule has 0 bridgehead atoms. The van der Waals surface area contributed by atoms with E-state index < -0.39 is 0 Å². The van der Waals surface area contributed by atoms with Crippen LogP contribution >= 0.6 is 0 Å². The number of rotatable bonds is 9. The number of carbonyl (C=O) groups is 1. The number of anilines is 2. The minimum atomic E-state index is -0.0995. The van der Waals surface area contributed by atoms with Crippen LogP contribution in [0.2, 0.25) is 0 Å². The number of carbonyl (C=O) groups excluding carboxylic acids is 1. The maximum atomic E-state index is 12.2. The summed E-state index contributed by atoms with van der Waals surface area (Å²) < 4.78 is 11.3. The van der Waals surface area contributed by atoms with Gasteiger partial charge in [0.25, 0.3) is 0 Å². The molecule has 0 atom stereocenters. The Balaban J connectivity index is 1.41. The van der Waals surface area contributed by atoms with Gasteiger partial charge in [0.15, 0.2) is 0 Å². The van der Waals surface area contributed by atoms with E-state index in [-0.39, 0.29) is 12.5 Å². The quantitative estimate of drug-likeness (QED) is 0.515. The lowest BCUT2D eigenvalue weighted by Gasteiger charge is -2.13. The zero-order valence-corrected chi connectivity index (χ0v) is 16.8. The van der Waals surface area contributed by atoms with Crippen LogP contribution in [0.1, 0.15) is 11.1 Å². The monoisotopic (exact) mass is 390 g/mol. The summed E-state index contributed by atoms with van der Waals surface area (Å²) in [7, 11) is 0. The van der Waals surface area contributed by atoms with Gasteiger partial charge in [-0.05, 0) is 61.4 Å². The first kappa shape index (κ1) is 20.3. The number of nitrogens with one attached hydrogen (secondary N) is 2. The van der Waals surface area contributed by atoms with Crippen LogP contribution in [0.4, 0.5) is 11.4 Å². The normalized spacial score (nSPS) is 10.3. The molecule has 2 N–H and O–H groups in total. The van der Waals surface area contributed by atoms with Gasteiger partial charge in [-0.3, -0.25) is 4.79 Å². The molecule has 0 aliphatic carbocycles. The average molecular weight is 390 g/mol. The molecule has 0 aromatic heterocycles. The molecule has 5 nitrogen and oxygen atoms in total. The number of benzene rings is 3. The Bertz CT molecular complexity index is 904. The van der Waals surface area contributed by atoms with Crippen molar-refractivity contribution in [3.05, 3.63) is 83.9 Å². The summed E-state index contributed by atoms with van der Waals surface area (Å²) in [6.07, 6.45) is 0. The topological polar surface area (TPSA) is 59.6 Å². The van der Waals surface area contributed by atoms with E-state index in [9.17, 15) is 4.79 Å². The fourth-order valence-corrected chi connectivity index (χ4v) is 2.94. The highest BCUT2D eigenvalue weighted by Gasteiger charge is 2.06. The third-order valence-electron chi connectivity index (χ3n) is 4.41. The van der Waals surface area contributed by atoms with Crippen LogP contribution in [0.25, 0.3) is 0 Å². The Hall–Kier alpha value is -3.47. The van der Waals surface area contributed by atoms with Crippen molar-refractivity contribution in [3.63, 3.8) is 0 Å². The van der Waals surface area contributed by atoms with Crippen molar-refractivity contribution in [1.82, 2.24) is 0 Å². The van der Waals surface area contributed by atoms with Crippen molar-refractivity contribution in [3.8, 4) is 11.5 Å². The second-order valence-electron chi connectivity index (χ2n) is 6.70. The number of hydrogen-bond donors (Lipinski definition) is 2. The van der Waals surface area contributed by atoms with Crippen molar-refractivity contribution in [2.75, 3.05) is 30.4 Å². The molecule has 3 aromatic rings. The molecule has 0 spiro atoms. The van der Waals surface area contributed by atoms with E-state index in [1.54, 1.807) is 0 Å². The highest BCUT2D eigenvalue weighted by molar-refractivity contribution is 5.94. The lowest BCUT2D eigenvalue weighted by Crippen LogP contribution is -2.22. The van der Waals surface area contributed by atoms with E-state index in [1.165, 1.54) is 0 Å². The molecule has 3 aromatic carbocycles. The molecule has 0 heterocycles. The van der Waals surface area contributed by atoms with Gasteiger partial charge in [-0.2, -0.15) is 0 Å². The Morgan fingerprint density at radius 1 is 0.759 bits per heavy atom. The van der Waals surface area contributed by atoms with Gasteiger partial charge in [0.1, 0.15) is 24.7 Å². The molecule has 1 amide bonds. The van der Waals surface area contributed by atoms with Gasteiger partial charge in [0.05, 0.1) is 6.54 Å². The Morgan fingerprint density at radius 3 is 1.97 bits per heavy atom. The standard InChI is InChI=1S/C24H26N2O3/c1-18-7-6-8-19(2)24(18)25-17-23(27)26-20-11-13-22(14-12-20)29-16-15-28-21-9-4-3-5-10-21/h3-14,25H,15-17H2,1-2H3,(H,26,27). The van der Waals surface area contributed by atoms with Crippen LogP contribution in [0.3, 0.4) is 0 Å². The first-order valence-corrected chi connectivity index (χ1v) is 9.62. The molecule has 0 aliphatic rings. The van der Waals surface area contributed by atoms with E-state index >= 15 is 0 Å². The lowest BCUT2D eigenvalue weighted by molar-refractivity contribution is -0.114. The molecular weight excluding hydrogens is 364 g/mol. The van der Waals surface area contributed by atoms with Crippen LogP contribution in [-0.4, -0.2) is 25.7 Å². The van der Waals surface area contributed by atoms with Crippen molar-refractivity contribution < 1.29 is 14.3 Å². The summed E-state index contributed by atoms with van der Waals surface area (Å²) in [5, 5.41) is 6.10. The molecule has 0 radical (unpaired) electrons. The smallest absolute Gasteiger partial charge is 0.243 e. The molecule has 0 saturated carbocycles. The van der Waals surface area contributed by atoms with E-state index in [0.717, 1.165) is 34.0 Å².